The highest BCUT2D eigenvalue weighted by molar-refractivity contribution is 9.10. The summed E-state index contributed by atoms with van der Waals surface area (Å²) in [6.07, 6.45) is 0. The third-order valence-electron chi connectivity index (χ3n) is 1.89. The van der Waals surface area contributed by atoms with E-state index in [0.29, 0.717) is 16.6 Å². The fourth-order valence-corrected chi connectivity index (χ4v) is 1.58. The summed E-state index contributed by atoms with van der Waals surface area (Å²) in [5.41, 5.74) is 0.327. The summed E-state index contributed by atoms with van der Waals surface area (Å²) in [4.78, 5) is 14.3. The van der Waals surface area contributed by atoms with Gasteiger partial charge in [0.15, 0.2) is 0 Å². The number of H-pyrrole nitrogens is 1. The van der Waals surface area contributed by atoms with Crippen LogP contribution in [0.1, 0.15) is 10.5 Å². The Labute approximate surface area is 106 Å². The maximum atomic E-state index is 11.6. The van der Waals surface area contributed by atoms with Crippen LogP contribution in [0.15, 0.2) is 40.9 Å². The highest BCUT2D eigenvalue weighted by Gasteiger charge is 2.10. The van der Waals surface area contributed by atoms with E-state index in [1.165, 1.54) is 0 Å². The van der Waals surface area contributed by atoms with Crippen molar-refractivity contribution in [2.45, 2.75) is 0 Å². The van der Waals surface area contributed by atoms with Crippen molar-refractivity contribution < 1.29 is 9.53 Å². The van der Waals surface area contributed by atoms with E-state index in [1.54, 1.807) is 36.4 Å². The Hall–Kier alpha value is -1.26. The van der Waals surface area contributed by atoms with E-state index in [0.717, 1.165) is 4.47 Å². The topological polar surface area (TPSA) is 42.1 Å². The van der Waals surface area contributed by atoms with Gasteiger partial charge in [0.2, 0.25) is 0 Å². The third kappa shape index (κ3) is 2.65. The zero-order valence-corrected chi connectivity index (χ0v) is 10.4. The summed E-state index contributed by atoms with van der Waals surface area (Å²) in [6.45, 7) is 0. The molecule has 0 amide bonds. The second kappa shape index (κ2) is 4.72. The minimum Gasteiger partial charge on any atom is -0.422 e. The molecule has 2 aromatic rings. The number of halogens is 2. The van der Waals surface area contributed by atoms with Crippen LogP contribution in [0.25, 0.3) is 0 Å². The van der Waals surface area contributed by atoms with Crippen molar-refractivity contribution in [1.82, 2.24) is 4.98 Å². The van der Waals surface area contributed by atoms with Crippen LogP contribution >= 0.6 is 27.5 Å². The maximum Gasteiger partial charge on any atom is 0.360 e. The lowest BCUT2D eigenvalue weighted by Crippen LogP contribution is -2.08. The van der Waals surface area contributed by atoms with E-state index in [1.807, 2.05) is 0 Å². The van der Waals surface area contributed by atoms with Gasteiger partial charge in [-0.05, 0) is 36.4 Å². The van der Waals surface area contributed by atoms with Crippen LogP contribution in [0, 0.1) is 0 Å². The summed E-state index contributed by atoms with van der Waals surface area (Å²) in [6, 6.07) is 10.2. The Balaban J connectivity index is 2.10. The number of carbonyl (C=O) groups is 1. The first kappa shape index (κ1) is 11.2. The van der Waals surface area contributed by atoms with Crippen molar-refractivity contribution in [3.63, 3.8) is 0 Å². The molecule has 82 valence electrons. The third-order valence-corrected chi connectivity index (χ3v) is 2.64. The average molecular weight is 301 g/mol. The normalized spacial score (nSPS) is 10.1. The van der Waals surface area contributed by atoms with E-state index >= 15 is 0 Å². The molecule has 0 aliphatic heterocycles. The number of aromatic nitrogens is 1. The van der Waals surface area contributed by atoms with Crippen LogP contribution in [-0.2, 0) is 0 Å². The first-order valence-electron chi connectivity index (χ1n) is 4.47. The number of hydrogen-bond acceptors (Lipinski definition) is 2. The van der Waals surface area contributed by atoms with Gasteiger partial charge in [-0.25, -0.2) is 4.79 Å². The first-order chi connectivity index (χ1) is 7.65. The van der Waals surface area contributed by atoms with E-state index < -0.39 is 5.97 Å². The molecule has 0 aliphatic carbocycles. The predicted octanol–water partition coefficient (Wildman–Crippen LogP) is 3.65. The number of hydrogen-bond donors (Lipinski definition) is 1. The van der Waals surface area contributed by atoms with E-state index in [-0.39, 0.29) is 0 Å². The Morgan fingerprint density at radius 3 is 2.44 bits per heavy atom. The van der Waals surface area contributed by atoms with Gasteiger partial charge in [0.05, 0.1) is 0 Å². The quantitative estimate of drug-likeness (QED) is 0.679. The van der Waals surface area contributed by atoms with Gasteiger partial charge >= 0.3 is 5.97 Å². The summed E-state index contributed by atoms with van der Waals surface area (Å²) in [5, 5.41) is 0.405. The van der Waals surface area contributed by atoms with E-state index in [4.69, 9.17) is 16.3 Å². The molecule has 3 nitrogen and oxygen atoms in total. The molecule has 0 saturated carbocycles. The number of rotatable bonds is 2. The maximum absolute atomic E-state index is 11.6. The fourth-order valence-electron chi connectivity index (χ4n) is 1.15. The van der Waals surface area contributed by atoms with Crippen molar-refractivity contribution >= 4 is 33.5 Å². The van der Waals surface area contributed by atoms with E-state index in [9.17, 15) is 4.79 Å². The van der Waals surface area contributed by atoms with Gasteiger partial charge in [0.25, 0.3) is 0 Å². The van der Waals surface area contributed by atoms with E-state index in [2.05, 4.69) is 20.9 Å². The zero-order valence-electron chi connectivity index (χ0n) is 8.04. The molecule has 0 bridgehead atoms. The van der Waals surface area contributed by atoms with Crippen molar-refractivity contribution in [2.75, 3.05) is 0 Å². The van der Waals surface area contributed by atoms with Gasteiger partial charge in [-0.2, -0.15) is 0 Å². The molecule has 5 heteroatoms. The molecule has 0 atom stereocenters. The molecule has 16 heavy (non-hydrogen) atoms. The van der Waals surface area contributed by atoms with Crippen molar-refractivity contribution in [2.24, 2.45) is 0 Å². The Bertz CT molecular complexity index is 507. The number of benzene rings is 1. The van der Waals surface area contributed by atoms with Crippen LogP contribution in [-0.4, -0.2) is 11.0 Å². The van der Waals surface area contributed by atoms with Gasteiger partial charge in [-0.1, -0.05) is 27.5 Å². The Morgan fingerprint density at radius 2 is 1.88 bits per heavy atom. The second-order valence-corrected chi connectivity index (χ2v) is 4.39. The van der Waals surface area contributed by atoms with Crippen LogP contribution in [0.4, 0.5) is 0 Å². The van der Waals surface area contributed by atoms with Gasteiger partial charge in [0, 0.05) is 4.47 Å². The molecular formula is C11H7BrClNO2. The SMILES string of the molecule is O=C(Oc1ccc(Br)cc1)c1ccc(Cl)[nH]1. The number of nitrogens with one attached hydrogen (secondary N) is 1. The first-order valence-corrected chi connectivity index (χ1v) is 5.64. The average Bonchev–Trinajstić information content (AvgIpc) is 2.68. The molecule has 0 fully saturated rings. The number of carbonyl (C=O) groups excluding carboxylic acids is 1. The molecular weight excluding hydrogens is 293 g/mol. The number of ether oxygens (including phenoxy) is 1. The summed E-state index contributed by atoms with van der Waals surface area (Å²) in [7, 11) is 0. The highest BCUT2D eigenvalue weighted by atomic mass is 79.9. The van der Waals surface area contributed by atoms with Crippen LogP contribution in [0.2, 0.25) is 5.15 Å². The molecule has 0 spiro atoms. The minimum atomic E-state index is -0.464. The van der Waals surface area contributed by atoms with Crippen LogP contribution < -0.4 is 4.74 Å². The largest absolute Gasteiger partial charge is 0.422 e. The molecule has 1 heterocycles. The van der Waals surface area contributed by atoms with Crippen molar-refractivity contribution in [3.05, 3.63) is 51.7 Å². The van der Waals surface area contributed by atoms with Gasteiger partial charge in [0.1, 0.15) is 16.6 Å². The minimum absolute atomic E-state index is 0.327. The Kier molecular flexibility index (Phi) is 3.31. The Morgan fingerprint density at radius 1 is 1.19 bits per heavy atom. The molecule has 1 aromatic heterocycles. The van der Waals surface area contributed by atoms with Crippen LogP contribution in [0.3, 0.4) is 0 Å². The molecule has 0 aliphatic rings. The van der Waals surface area contributed by atoms with Crippen molar-refractivity contribution in [3.8, 4) is 5.75 Å². The number of aromatic amines is 1. The van der Waals surface area contributed by atoms with Crippen LogP contribution in [0.5, 0.6) is 5.75 Å². The standard InChI is InChI=1S/C11H7BrClNO2/c12-7-1-3-8(4-2-7)16-11(15)9-5-6-10(13)14-9/h1-6,14H. The van der Waals surface area contributed by atoms with Gasteiger partial charge < -0.3 is 9.72 Å². The summed E-state index contributed by atoms with van der Waals surface area (Å²) >= 11 is 8.95. The molecule has 0 radical (unpaired) electrons. The molecule has 0 unspecified atom stereocenters. The molecule has 1 N–H and O–H groups in total. The highest BCUT2D eigenvalue weighted by Crippen LogP contribution is 2.17. The zero-order chi connectivity index (χ0) is 11.5. The lowest BCUT2D eigenvalue weighted by Gasteiger charge is -2.02. The molecule has 1 aromatic carbocycles. The number of esters is 1. The smallest absolute Gasteiger partial charge is 0.360 e. The fraction of sp³-hybridized carbons (Fsp3) is 0. The second-order valence-electron chi connectivity index (χ2n) is 3.06. The summed E-state index contributed by atoms with van der Waals surface area (Å²) in [5.74, 6) is 0.0214. The van der Waals surface area contributed by atoms with Gasteiger partial charge in [-0.3, -0.25) is 0 Å². The van der Waals surface area contributed by atoms with Gasteiger partial charge in [-0.15, -0.1) is 0 Å². The molecule has 2 rings (SSSR count). The lowest BCUT2D eigenvalue weighted by molar-refractivity contribution is 0.0729. The predicted molar refractivity (Wildman–Crippen MR) is 64.9 cm³/mol. The molecule has 0 saturated heterocycles. The monoisotopic (exact) mass is 299 g/mol. The van der Waals surface area contributed by atoms with Crippen molar-refractivity contribution in [1.29, 1.82) is 0 Å². The summed E-state index contributed by atoms with van der Waals surface area (Å²) < 4.78 is 6.05. The lowest BCUT2D eigenvalue weighted by atomic mass is 10.3.